The molecule has 0 amide bonds. The minimum absolute atomic E-state index is 0.886. The van der Waals surface area contributed by atoms with Gasteiger partial charge in [-0.15, -0.1) is 11.3 Å². The predicted molar refractivity (Wildman–Crippen MR) is 209 cm³/mol. The second kappa shape index (κ2) is 11.5. The fourth-order valence-electron chi connectivity index (χ4n) is 7.82. The largest absolute Gasteiger partial charge is 0.252 e. The predicted octanol–water partition coefficient (Wildman–Crippen LogP) is 12.8. The van der Waals surface area contributed by atoms with Gasteiger partial charge >= 0.3 is 0 Å². The molecule has 0 N–H and O–H groups in total. The molecule has 6 aromatic carbocycles. The summed E-state index contributed by atoms with van der Waals surface area (Å²) in [6, 6.07) is 41.7. The van der Waals surface area contributed by atoms with Crippen LogP contribution in [0.2, 0.25) is 0 Å². The van der Waals surface area contributed by atoms with Gasteiger partial charge in [0.15, 0.2) is 0 Å². The van der Waals surface area contributed by atoms with Crippen molar-refractivity contribution in [3.05, 3.63) is 162 Å². The van der Waals surface area contributed by atoms with Crippen molar-refractivity contribution in [3.63, 3.8) is 0 Å². The Morgan fingerprint density at radius 1 is 0.551 bits per heavy atom. The highest BCUT2D eigenvalue weighted by molar-refractivity contribution is 7.21. The summed E-state index contributed by atoms with van der Waals surface area (Å²) < 4.78 is 1.39. The molecule has 0 saturated carbocycles. The van der Waals surface area contributed by atoms with E-state index in [9.17, 15) is 0 Å². The topological polar surface area (TPSA) is 25.8 Å². The fourth-order valence-corrected chi connectivity index (χ4v) is 9.25. The molecular weight excluding hydrogens is 613 g/mol. The van der Waals surface area contributed by atoms with Crippen LogP contribution in [-0.4, -0.2) is 9.97 Å². The maximum absolute atomic E-state index is 5.23. The highest BCUT2D eigenvalue weighted by Crippen LogP contribution is 2.47. The summed E-state index contributed by atoms with van der Waals surface area (Å²) in [6.07, 6.45) is 15.9. The van der Waals surface area contributed by atoms with Gasteiger partial charge in [0.1, 0.15) is 0 Å². The monoisotopic (exact) mass is 644 g/mol. The molecule has 0 spiro atoms. The summed E-state index contributed by atoms with van der Waals surface area (Å²) in [7, 11) is 0. The number of hydrogen-bond donors (Lipinski definition) is 0. The van der Waals surface area contributed by atoms with E-state index in [2.05, 4.69) is 140 Å². The van der Waals surface area contributed by atoms with Crippen molar-refractivity contribution >= 4 is 59.6 Å². The number of rotatable bonds is 4. The summed E-state index contributed by atoms with van der Waals surface area (Å²) in [5.74, 6) is 0. The van der Waals surface area contributed by atoms with E-state index in [-0.39, 0.29) is 0 Å². The average molecular weight is 645 g/mol. The third-order valence-corrected chi connectivity index (χ3v) is 11.5. The van der Waals surface area contributed by atoms with E-state index >= 15 is 0 Å². The Hall–Kier alpha value is -5.64. The molecule has 2 aliphatic carbocycles. The smallest absolute Gasteiger partial charge is 0.0979 e. The molecule has 2 aliphatic rings. The number of aryl methyl sites for hydroxylation is 1. The van der Waals surface area contributed by atoms with E-state index in [1.165, 1.54) is 64.7 Å². The van der Waals surface area contributed by atoms with Crippen LogP contribution in [0.25, 0.3) is 81.7 Å². The lowest BCUT2D eigenvalue weighted by Gasteiger charge is -2.17. The van der Waals surface area contributed by atoms with Crippen LogP contribution in [-0.2, 0) is 6.42 Å². The number of hydrogen-bond acceptors (Lipinski definition) is 3. The minimum atomic E-state index is 0.886. The van der Waals surface area contributed by atoms with E-state index in [1.54, 1.807) is 0 Å². The Morgan fingerprint density at radius 3 is 2.02 bits per heavy atom. The van der Waals surface area contributed by atoms with Crippen LogP contribution in [0, 0.1) is 0 Å². The summed E-state index contributed by atoms with van der Waals surface area (Å²) in [5.41, 5.74) is 13.2. The molecule has 0 bridgehead atoms. The van der Waals surface area contributed by atoms with Gasteiger partial charge < -0.3 is 0 Å². The number of aromatic nitrogens is 2. The Labute approximate surface area is 289 Å². The highest BCUT2D eigenvalue weighted by Gasteiger charge is 2.23. The molecular formula is C46H32N2S. The van der Waals surface area contributed by atoms with Crippen LogP contribution >= 0.6 is 11.3 Å². The van der Waals surface area contributed by atoms with Gasteiger partial charge in [0, 0.05) is 31.5 Å². The summed E-state index contributed by atoms with van der Waals surface area (Å²) in [5, 5.41) is 6.09. The first-order chi connectivity index (χ1) is 24.3. The van der Waals surface area contributed by atoms with Crippen LogP contribution in [0.3, 0.4) is 0 Å². The van der Waals surface area contributed by atoms with Crippen LogP contribution in [0.15, 0.2) is 151 Å². The van der Waals surface area contributed by atoms with E-state index in [0.717, 1.165) is 58.7 Å². The number of nitrogens with zero attached hydrogens (tertiary/aromatic N) is 2. The van der Waals surface area contributed by atoms with Gasteiger partial charge in [-0.05, 0) is 87.4 Å². The zero-order valence-electron chi connectivity index (χ0n) is 27.0. The molecule has 0 atom stereocenters. The number of thiophene rings is 1. The average Bonchev–Trinajstić information content (AvgIpc) is 3.57. The van der Waals surface area contributed by atoms with Gasteiger partial charge in [-0.25, -0.2) is 4.98 Å². The Bertz CT molecular complexity index is 2660. The zero-order chi connectivity index (χ0) is 32.3. The number of fused-ring (bicyclic) bond motifs is 9. The van der Waals surface area contributed by atoms with Gasteiger partial charge in [-0.2, -0.15) is 0 Å². The fraction of sp³-hybridized carbons (Fsp3) is 0.0870. The summed E-state index contributed by atoms with van der Waals surface area (Å²) in [4.78, 5) is 11.7. The van der Waals surface area contributed by atoms with Crippen LogP contribution < -0.4 is 0 Å². The molecule has 3 heteroatoms. The lowest BCUT2D eigenvalue weighted by molar-refractivity contribution is 0.990. The van der Waals surface area contributed by atoms with Crippen LogP contribution in [0.4, 0.5) is 0 Å². The minimum Gasteiger partial charge on any atom is -0.252 e. The lowest BCUT2D eigenvalue weighted by atomic mass is 9.88. The molecule has 8 aromatic rings. The van der Waals surface area contributed by atoms with Gasteiger partial charge in [0.25, 0.3) is 0 Å². The molecule has 0 aliphatic heterocycles. The van der Waals surface area contributed by atoms with Crippen molar-refractivity contribution in [1.82, 2.24) is 9.97 Å². The summed E-state index contributed by atoms with van der Waals surface area (Å²) in [6.45, 7) is 0. The molecule has 0 radical (unpaired) electrons. The molecule has 49 heavy (non-hydrogen) atoms. The Morgan fingerprint density at radius 2 is 1.27 bits per heavy atom. The third kappa shape index (κ3) is 4.68. The van der Waals surface area contributed by atoms with Crippen molar-refractivity contribution in [2.24, 2.45) is 0 Å². The molecule has 0 saturated heterocycles. The maximum Gasteiger partial charge on any atom is 0.0979 e. The molecule has 232 valence electrons. The first-order valence-corrected chi connectivity index (χ1v) is 18.0. The standard InChI is InChI=1S/C46H32N2S/c1-3-12-30(13-4-1)34-20-11-21-39-41-27-33(26-40(46(41)49-45(34)39)31-14-5-2-6-15-31)29-22-24-32(25-23-29)42-28-47-43-37-18-9-7-16-35(37)36-17-8-10-19-38(36)44(43)48-42/h2-3,5-10,12-20,22-28H,1,4,11,21H2. The van der Waals surface area contributed by atoms with Crippen LogP contribution in [0.1, 0.15) is 29.7 Å². The van der Waals surface area contributed by atoms with Gasteiger partial charge in [0.05, 0.1) is 22.9 Å². The maximum atomic E-state index is 5.23. The van der Waals surface area contributed by atoms with E-state index in [1.807, 2.05) is 17.5 Å². The second-order valence-electron chi connectivity index (χ2n) is 13.1. The van der Waals surface area contributed by atoms with Crippen molar-refractivity contribution in [2.45, 2.75) is 25.7 Å². The van der Waals surface area contributed by atoms with Gasteiger partial charge in [-0.3, -0.25) is 4.98 Å². The SMILES string of the molecule is C1=CC(C2=CCCc3c2sc2c(-c4ccccc4)cc(-c4ccc(-c5cnc6c7ccccc7c7ccccc7c6n5)cc4)cc32)=CCC1. The van der Waals surface area contributed by atoms with Gasteiger partial charge in [-0.1, -0.05) is 127 Å². The van der Waals surface area contributed by atoms with E-state index in [0.29, 0.717) is 0 Å². The normalized spacial score (nSPS) is 14.4. The molecule has 2 heterocycles. The molecule has 2 aromatic heterocycles. The molecule has 0 fully saturated rings. The molecule has 10 rings (SSSR count). The van der Waals surface area contributed by atoms with Crippen LogP contribution in [0.5, 0.6) is 0 Å². The van der Waals surface area contributed by atoms with Crippen molar-refractivity contribution in [2.75, 3.05) is 0 Å². The number of benzene rings is 6. The second-order valence-corrected chi connectivity index (χ2v) is 14.1. The quantitative estimate of drug-likeness (QED) is 0.178. The van der Waals surface area contributed by atoms with Crippen molar-refractivity contribution in [1.29, 1.82) is 0 Å². The third-order valence-electron chi connectivity index (χ3n) is 10.2. The Balaban J connectivity index is 1.09. The highest BCUT2D eigenvalue weighted by atomic mass is 32.1. The number of allylic oxidation sites excluding steroid dienone is 6. The van der Waals surface area contributed by atoms with Crippen molar-refractivity contribution < 1.29 is 0 Å². The first kappa shape index (κ1) is 28.4. The lowest BCUT2D eigenvalue weighted by Crippen LogP contribution is -1.98. The zero-order valence-corrected chi connectivity index (χ0v) is 27.8. The first-order valence-electron chi connectivity index (χ1n) is 17.2. The van der Waals surface area contributed by atoms with E-state index < -0.39 is 0 Å². The van der Waals surface area contributed by atoms with Crippen molar-refractivity contribution in [3.8, 4) is 33.5 Å². The Kier molecular flexibility index (Phi) is 6.66. The van der Waals surface area contributed by atoms with E-state index in [4.69, 9.17) is 9.97 Å². The van der Waals surface area contributed by atoms with Gasteiger partial charge in [0.2, 0.25) is 0 Å². The molecule has 2 nitrogen and oxygen atoms in total. The molecule has 0 unspecified atom stereocenters. The summed E-state index contributed by atoms with van der Waals surface area (Å²) >= 11 is 1.97.